The van der Waals surface area contributed by atoms with Gasteiger partial charge < -0.3 is 4.90 Å². The van der Waals surface area contributed by atoms with Gasteiger partial charge in [0.15, 0.2) is 0 Å². The van der Waals surface area contributed by atoms with Crippen LogP contribution in [0.5, 0.6) is 0 Å². The number of rotatable bonds is 6. The lowest BCUT2D eigenvalue weighted by Gasteiger charge is -2.32. The monoisotopic (exact) mass is 432 g/mol. The van der Waals surface area contributed by atoms with Crippen LogP contribution in [0.4, 0.5) is 0 Å². The number of hydrogen-bond acceptors (Lipinski definition) is 5. The molecular weight excluding hydrogens is 404 g/mol. The second-order valence-corrected chi connectivity index (χ2v) is 9.22. The van der Waals surface area contributed by atoms with Crippen molar-refractivity contribution in [3.05, 3.63) is 60.7 Å². The molecule has 1 saturated heterocycles. The summed E-state index contributed by atoms with van der Waals surface area (Å²) in [6, 6.07) is 20.0. The molecule has 1 aromatic heterocycles. The number of thioether (sulfide) groups is 1. The Hall–Kier alpha value is -2.73. The van der Waals surface area contributed by atoms with Crippen molar-refractivity contribution >= 4 is 17.7 Å². The van der Waals surface area contributed by atoms with Gasteiger partial charge in [0.05, 0.1) is 5.25 Å². The summed E-state index contributed by atoms with van der Waals surface area (Å²) in [6.07, 6.45) is 2.89. The Bertz CT molecular complexity index is 1000. The zero-order chi connectivity index (χ0) is 21.6. The van der Waals surface area contributed by atoms with E-state index in [0.29, 0.717) is 11.1 Å². The third-order valence-electron chi connectivity index (χ3n) is 5.75. The molecule has 1 fully saturated rings. The fourth-order valence-corrected chi connectivity index (χ4v) is 4.72. The zero-order valence-corrected chi connectivity index (χ0v) is 18.9. The van der Waals surface area contributed by atoms with Gasteiger partial charge >= 0.3 is 0 Å². The van der Waals surface area contributed by atoms with E-state index < -0.39 is 0 Å². The highest BCUT2D eigenvalue weighted by Crippen LogP contribution is 2.32. The molecule has 31 heavy (non-hydrogen) atoms. The molecule has 0 bridgehead atoms. The number of carbonyl (C=O) groups is 1. The van der Waals surface area contributed by atoms with Gasteiger partial charge in [0.2, 0.25) is 11.1 Å². The maximum Gasteiger partial charge on any atom is 0.236 e. The first kappa shape index (κ1) is 21.5. The second-order valence-electron chi connectivity index (χ2n) is 8.05. The van der Waals surface area contributed by atoms with Crippen LogP contribution in [0.1, 0.15) is 33.1 Å². The Labute approximate surface area is 188 Å². The van der Waals surface area contributed by atoms with Crippen LogP contribution in [-0.4, -0.2) is 44.3 Å². The van der Waals surface area contributed by atoms with E-state index in [1.54, 1.807) is 0 Å². The Kier molecular flexibility index (Phi) is 6.97. The highest BCUT2D eigenvalue weighted by atomic mass is 32.2. The largest absolute Gasteiger partial charge is 0.342 e. The van der Waals surface area contributed by atoms with Gasteiger partial charge in [-0.05, 0) is 25.2 Å². The average Bonchev–Trinajstić information content (AvgIpc) is 2.83. The first-order valence-corrected chi connectivity index (χ1v) is 11.8. The fourth-order valence-electron chi connectivity index (χ4n) is 3.82. The predicted octanol–water partition coefficient (Wildman–Crippen LogP) is 5.33. The normalized spacial score (nSPS) is 15.6. The Morgan fingerprint density at radius 3 is 2.13 bits per heavy atom. The molecule has 6 heteroatoms. The molecule has 0 radical (unpaired) electrons. The Morgan fingerprint density at radius 1 is 0.968 bits per heavy atom. The number of nitrogens with zero attached hydrogens (tertiary/aromatic N) is 4. The SMILES string of the molecule is CC[C@H](Sc1nnc(-c2ccccc2)c(-c2ccccc2)n1)C(=O)N1CCC(C)CC1. The maximum atomic E-state index is 13.1. The molecule has 3 aromatic rings. The van der Waals surface area contributed by atoms with E-state index in [2.05, 4.69) is 17.1 Å². The quantitative estimate of drug-likeness (QED) is 0.493. The van der Waals surface area contributed by atoms with Gasteiger partial charge in [-0.2, -0.15) is 0 Å². The van der Waals surface area contributed by atoms with E-state index >= 15 is 0 Å². The van der Waals surface area contributed by atoms with Crippen molar-refractivity contribution in [1.29, 1.82) is 0 Å². The minimum absolute atomic E-state index is 0.191. The van der Waals surface area contributed by atoms with Gasteiger partial charge in [-0.25, -0.2) is 4.98 Å². The number of amides is 1. The minimum Gasteiger partial charge on any atom is -0.342 e. The van der Waals surface area contributed by atoms with Crippen LogP contribution < -0.4 is 0 Å². The van der Waals surface area contributed by atoms with Crippen molar-refractivity contribution in [2.24, 2.45) is 5.92 Å². The second kappa shape index (κ2) is 10.1. The Morgan fingerprint density at radius 2 is 1.55 bits per heavy atom. The van der Waals surface area contributed by atoms with Crippen LogP contribution >= 0.6 is 11.8 Å². The van der Waals surface area contributed by atoms with Crippen molar-refractivity contribution in [3.63, 3.8) is 0 Å². The van der Waals surface area contributed by atoms with Crippen molar-refractivity contribution in [2.45, 2.75) is 43.5 Å². The maximum absolute atomic E-state index is 13.1. The van der Waals surface area contributed by atoms with Crippen LogP contribution in [0.15, 0.2) is 65.8 Å². The molecule has 1 aliphatic rings. The van der Waals surface area contributed by atoms with E-state index in [-0.39, 0.29) is 11.2 Å². The number of carbonyl (C=O) groups excluding carboxylic acids is 1. The Balaban J connectivity index is 1.62. The summed E-state index contributed by atoms with van der Waals surface area (Å²) >= 11 is 1.43. The smallest absolute Gasteiger partial charge is 0.236 e. The zero-order valence-electron chi connectivity index (χ0n) is 18.1. The number of hydrogen-bond donors (Lipinski definition) is 0. The van der Waals surface area contributed by atoms with Gasteiger partial charge in [-0.15, -0.1) is 10.2 Å². The molecule has 4 rings (SSSR count). The molecule has 0 unspecified atom stereocenters. The average molecular weight is 433 g/mol. The predicted molar refractivity (Wildman–Crippen MR) is 126 cm³/mol. The molecule has 0 spiro atoms. The van der Waals surface area contributed by atoms with E-state index in [0.717, 1.165) is 54.9 Å². The lowest BCUT2D eigenvalue weighted by Crippen LogP contribution is -2.42. The number of benzene rings is 2. The van der Waals surface area contributed by atoms with E-state index in [1.165, 1.54) is 11.8 Å². The van der Waals surface area contributed by atoms with Crippen molar-refractivity contribution < 1.29 is 4.79 Å². The fraction of sp³-hybridized carbons (Fsp3) is 0.360. The summed E-state index contributed by atoms with van der Waals surface area (Å²) in [6.45, 7) is 6.00. The lowest BCUT2D eigenvalue weighted by molar-refractivity contribution is -0.131. The van der Waals surface area contributed by atoms with Crippen LogP contribution in [0.25, 0.3) is 22.5 Å². The molecule has 0 saturated carbocycles. The van der Waals surface area contributed by atoms with Gasteiger partial charge in [0, 0.05) is 24.2 Å². The first-order valence-electron chi connectivity index (χ1n) is 11.0. The van der Waals surface area contributed by atoms with Gasteiger partial charge in [-0.1, -0.05) is 86.3 Å². The molecule has 1 atom stereocenters. The van der Waals surface area contributed by atoms with Crippen molar-refractivity contribution in [3.8, 4) is 22.5 Å². The lowest BCUT2D eigenvalue weighted by atomic mass is 9.99. The summed E-state index contributed by atoms with van der Waals surface area (Å²) in [7, 11) is 0. The summed E-state index contributed by atoms with van der Waals surface area (Å²) < 4.78 is 0. The van der Waals surface area contributed by atoms with E-state index in [9.17, 15) is 4.79 Å². The molecule has 2 heterocycles. The highest BCUT2D eigenvalue weighted by molar-refractivity contribution is 8.00. The van der Waals surface area contributed by atoms with E-state index in [4.69, 9.17) is 4.98 Å². The van der Waals surface area contributed by atoms with Gasteiger partial charge in [0.1, 0.15) is 11.4 Å². The summed E-state index contributed by atoms with van der Waals surface area (Å²) in [4.78, 5) is 20.0. The summed E-state index contributed by atoms with van der Waals surface area (Å²) in [5, 5.41) is 9.29. The van der Waals surface area contributed by atoms with Crippen LogP contribution in [0.2, 0.25) is 0 Å². The van der Waals surface area contributed by atoms with Gasteiger partial charge in [-0.3, -0.25) is 4.79 Å². The van der Waals surface area contributed by atoms with Gasteiger partial charge in [0.25, 0.3) is 0 Å². The van der Waals surface area contributed by atoms with E-state index in [1.807, 2.05) is 72.5 Å². The van der Waals surface area contributed by atoms with Crippen LogP contribution in [0.3, 0.4) is 0 Å². The summed E-state index contributed by atoms with van der Waals surface area (Å²) in [5.41, 5.74) is 3.50. The third kappa shape index (κ3) is 5.13. The third-order valence-corrected chi connectivity index (χ3v) is 6.95. The standard InChI is InChI=1S/C25H28N4OS/c1-3-21(24(30)29-16-14-18(2)15-17-29)31-25-26-22(19-10-6-4-7-11-19)23(27-28-25)20-12-8-5-9-13-20/h4-13,18,21H,3,14-17H2,1-2H3/t21-/m0/s1. The molecule has 0 aliphatic carbocycles. The molecule has 2 aromatic carbocycles. The number of likely N-dealkylation sites (tertiary alicyclic amines) is 1. The number of piperidine rings is 1. The number of aromatic nitrogens is 3. The molecule has 0 N–H and O–H groups in total. The van der Waals surface area contributed by atoms with Crippen LogP contribution in [-0.2, 0) is 4.79 Å². The molecular formula is C25H28N4OS. The summed E-state index contributed by atoms with van der Waals surface area (Å²) in [5.74, 6) is 0.889. The molecule has 1 aliphatic heterocycles. The minimum atomic E-state index is -0.193. The topological polar surface area (TPSA) is 59.0 Å². The molecule has 1 amide bonds. The first-order chi connectivity index (χ1) is 15.2. The molecule has 160 valence electrons. The van der Waals surface area contributed by atoms with Crippen molar-refractivity contribution in [1.82, 2.24) is 20.1 Å². The highest BCUT2D eigenvalue weighted by Gasteiger charge is 2.28. The molecule has 5 nitrogen and oxygen atoms in total. The van der Waals surface area contributed by atoms with Crippen LogP contribution in [0, 0.1) is 5.92 Å². The van der Waals surface area contributed by atoms with Crippen molar-refractivity contribution in [2.75, 3.05) is 13.1 Å².